The van der Waals surface area contributed by atoms with Gasteiger partial charge in [0.05, 0.1) is 0 Å². The molecule has 0 aliphatic heterocycles. The minimum Gasteiger partial charge on any atom is -0.344 e. The molecule has 0 unspecified atom stereocenters. The van der Waals surface area contributed by atoms with Crippen molar-refractivity contribution in [3.8, 4) is 0 Å². The highest BCUT2D eigenvalue weighted by Gasteiger charge is 2.00. The van der Waals surface area contributed by atoms with Crippen LogP contribution in [-0.2, 0) is 7.05 Å². The zero-order chi connectivity index (χ0) is 11.7. The van der Waals surface area contributed by atoms with Crippen LogP contribution >= 0.6 is 0 Å². The number of rotatable bonds is 1. The standard InChI is InChI=1S/C15H17N/c1-11(2)9-10-14-12(3)13-7-5-6-8-15(13)16(14)4/h5-10H,3H2,1-2,4H3/b14-10+. The van der Waals surface area contributed by atoms with Crippen molar-refractivity contribution in [1.82, 2.24) is 4.57 Å². The zero-order valence-corrected chi connectivity index (χ0v) is 10.1. The van der Waals surface area contributed by atoms with Crippen LogP contribution in [0.2, 0.25) is 0 Å². The minimum atomic E-state index is 1.11. The molecule has 0 spiro atoms. The van der Waals surface area contributed by atoms with E-state index < -0.39 is 0 Å². The van der Waals surface area contributed by atoms with Gasteiger partial charge in [-0.2, -0.15) is 0 Å². The second-order valence-corrected chi connectivity index (χ2v) is 4.35. The molecule has 0 atom stereocenters. The fraction of sp³-hybridized carbons (Fsp3) is 0.200. The lowest BCUT2D eigenvalue weighted by Gasteiger charge is -1.94. The Morgan fingerprint density at radius 1 is 1.25 bits per heavy atom. The van der Waals surface area contributed by atoms with E-state index in [-0.39, 0.29) is 0 Å². The van der Waals surface area contributed by atoms with Gasteiger partial charge in [-0.25, -0.2) is 0 Å². The van der Waals surface area contributed by atoms with Gasteiger partial charge in [-0.05, 0) is 26.0 Å². The lowest BCUT2D eigenvalue weighted by Crippen LogP contribution is -2.26. The van der Waals surface area contributed by atoms with Crippen molar-refractivity contribution in [3.05, 3.63) is 46.5 Å². The van der Waals surface area contributed by atoms with E-state index in [0.717, 1.165) is 5.22 Å². The molecule has 1 aromatic heterocycles. The molecule has 2 rings (SSSR count). The first-order valence-corrected chi connectivity index (χ1v) is 5.49. The fourth-order valence-corrected chi connectivity index (χ4v) is 1.95. The van der Waals surface area contributed by atoms with E-state index in [2.05, 4.69) is 68.5 Å². The Bertz CT molecular complexity index is 653. The van der Waals surface area contributed by atoms with Gasteiger partial charge in [0.1, 0.15) is 0 Å². The summed E-state index contributed by atoms with van der Waals surface area (Å²) in [5.41, 5.74) is 2.53. The molecule has 16 heavy (non-hydrogen) atoms. The van der Waals surface area contributed by atoms with Crippen LogP contribution in [-0.4, -0.2) is 4.57 Å². The van der Waals surface area contributed by atoms with Crippen molar-refractivity contribution in [1.29, 1.82) is 0 Å². The molecule has 1 heteroatoms. The summed E-state index contributed by atoms with van der Waals surface area (Å²) in [5.74, 6) is 0. The van der Waals surface area contributed by atoms with Crippen LogP contribution in [0.4, 0.5) is 0 Å². The topological polar surface area (TPSA) is 4.93 Å². The van der Waals surface area contributed by atoms with Gasteiger partial charge in [-0.1, -0.05) is 36.4 Å². The molecule has 0 saturated heterocycles. The molecule has 0 aliphatic rings. The van der Waals surface area contributed by atoms with Gasteiger partial charge in [0.15, 0.2) is 0 Å². The molecule has 0 bridgehead atoms. The number of fused-ring (bicyclic) bond motifs is 1. The molecular weight excluding hydrogens is 194 g/mol. The van der Waals surface area contributed by atoms with Crippen LogP contribution in [0, 0.1) is 0 Å². The maximum atomic E-state index is 4.17. The first kappa shape index (κ1) is 10.7. The molecule has 0 aliphatic carbocycles. The van der Waals surface area contributed by atoms with Gasteiger partial charge < -0.3 is 4.57 Å². The Morgan fingerprint density at radius 2 is 1.94 bits per heavy atom. The van der Waals surface area contributed by atoms with Crippen LogP contribution < -0.4 is 10.6 Å². The highest BCUT2D eigenvalue weighted by Crippen LogP contribution is 2.05. The van der Waals surface area contributed by atoms with Gasteiger partial charge in [0.2, 0.25) is 0 Å². The predicted octanol–water partition coefficient (Wildman–Crippen LogP) is 2.34. The van der Waals surface area contributed by atoms with E-state index in [4.69, 9.17) is 0 Å². The Kier molecular flexibility index (Phi) is 2.69. The van der Waals surface area contributed by atoms with Crippen molar-refractivity contribution < 1.29 is 0 Å². The third kappa shape index (κ3) is 1.69. The summed E-state index contributed by atoms with van der Waals surface area (Å²) in [6, 6.07) is 8.37. The third-order valence-corrected chi connectivity index (χ3v) is 2.84. The van der Waals surface area contributed by atoms with Gasteiger partial charge >= 0.3 is 0 Å². The van der Waals surface area contributed by atoms with Crippen molar-refractivity contribution in [2.45, 2.75) is 13.8 Å². The second-order valence-electron chi connectivity index (χ2n) is 4.35. The third-order valence-electron chi connectivity index (χ3n) is 2.84. The van der Waals surface area contributed by atoms with E-state index in [0.29, 0.717) is 0 Å². The molecule has 0 fully saturated rings. The van der Waals surface area contributed by atoms with Crippen molar-refractivity contribution in [2.75, 3.05) is 0 Å². The normalized spacial score (nSPS) is 12.1. The van der Waals surface area contributed by atoms with Crippen molar-refractivity contribution in [2.24, 2.45) is 7.05 Å². The summed E-state index contributed by atoms with van der Waals surface area (Å²) >= 11 is 0. The summed E-state index contributed by atoms with van der Waals surface area (Å²) in [5, 5.41) is 3.52. The molecule has 0 amide bonds. The quantitative estimate of drug-likeness (QED) is 0.682. The molecule has 1 heterocycles. The molecule has 0 saturated carbocycles. The van der Waals surface area contributed by atoms with Crippen LogP contribution in [0.15, 0.2) is 35.9 Å². The number of para-hydroxylation sites is 1. The SMILES string of the molecule is C=c1/c(=C\C=C(C)C)n(C)c2ccccc12. The molecule has 82 valence electrons. The highest BCUT2D eigenvalue weighted by molar-refractivity contribution is 5.81. The largest absolute Gasteiger partial charge is 0.344 e. The highest BCUT2D eigenvalue weighted by atomic mass is 14.9. The maximum absolute atomic E-state index is 4.17. The Balaban J connectivity index is 2.87. The maximum Gasteiger partial charge on any atom is 0.0488 e. The molecule has 2 aromatic rings. The number of allylic oxidation sites excluding steroid dienone is 2. The second kappa shape index (κ2) is 4.01. The summed E-state index contributed by atoms with van der Waals surface area (Å²) in [6.45, 7) is 8.36. The number of aromatic nitrogens is 1. The molecule has 1 aromatic carbocycles. The smallest absolute Gasteiger partial charge is 0.0488 e. The fourth-order valence-electron chi connectivity index (χ4n) is 1.95. The monoisotopic (exact) mass is 211 g/mol. The van der Waals surface area contributed by atoms with E-state index in [1.165, 1.54) is 21.8 Å². The summed E-state index contributed by atoms with van der Waals surface area (Å²) in [7, 11) is 2.08. The Labute approximate surface area is 96.0 Å². The van der Waals surface area contributed by atoms with Crippen LogP contribution in [0.25, 0.3) is 23.6 Å². The summed E-state index contributed by atoms with van der Waals surface area (Å²) in [4.78, 5) is 0. The van der Waals surface area contributed by atoms with Gasteiger partial charge in [-0.3, -0.25) is 0 Å². The Hall–Kier alpha value is -1.76. The van der Waals surface area contributed by atoms with E-state index in [1.54, 1.807) is 0 Å². The molecular formula is C15H17N. The van der Waals surface area contributed by atoms with Gasteiger partial charge in [0, 0.05) is 28.5 Å². The van der Waals surface area contributed by atoms with Gasteiger partial charge in [-0.15, -0.1) is 0 Å². The van der Waals surface area contributed by atoms with E-state index in [9.17, 15) is 0 Å². The van der Waals surface area contributed by atoms with Crippen LogP contribution in [0.5, 0.6) is 0 Å². The number of nitrogens with zero attached hydrogens (tertiary/aromatic N) is 1. The predicted molar refractivity (Wildman–Crippen MR) is 71.6 cm³/mol. The first-order chi connectivity index (χ1) is 7.61. The lowest BCUT2D eigenvalue weighted by molar-refractivity contribution is 0.926. The van der Waals surface area contributed by atoms with Crippen LogP contribution in [0.3, 0.4) is 0 Å². The zero-order valence-electron chi connectivity index (χ0n) is 10.1. The van der Waals surface area contributed by atoms with Crippen molar-refractivity contribution in [3.63, 3.8) is 0 Å². The summed E-state index contributed by atoms with van der Waals surface area (Å²) < 4.78 is 2.19. The number of hydrogen-bond donors (Lipinski definition) is 0. The average molecular weight is 211 g/mol. The Morgan fingerprint density at radius 3 is 2.56 bits per heavy atom. The average Bonchev–Trinajstić information content (AvgIpc) is 2.50. The van der Waals surface area contributed by atoms with Gasteiger partial charge in [0.25, 0.3) is 0 Å². The lowest BCUT2D eigenvalue weighted by atomic mass is 10.2. The van der Waals surface area contributed by atoms with Crippen molar-refractivity contribution >= 4 is 23.6 Å². The number of aryl methyl sites for hydroxylation is 1. The minimum absolute atomic E-state index is 1.11. The van der Waals surface area contributed by atoms with E-state index in [1.807, 2.05) is 0 Å². The van der Waals surface area contributed by atoms with E-state index >= 15 is 0 Å². The first-order valence-electron chi connectivity index (χ1n) is 5.49. The number of hydrogen-bond acceptors (Lipinski definition) is 0. The molecule has 0 N–H and O–H groups in total. The summed E-state index contributed by atoms with van der Waals surface area (Å²) in [6.07, 6.45) is 4.26. The molecule has 1 nitrogen and oxygen atoms in total. The molecule has 0 radical (unpaired) electrons. The van der Waals surface area contributed by atoms with Crippen LogP contribution in [0.1, 0.15) is 13.8 Å². The number of benzene rings is 1.